The predicted octanol–water partition coefficient (Wildman–Crippen LogP) is 1.90. The highest BCUT2D eigenvalue weighted by Gasteiger charge is 2.37. The maximum absolute atomic E-state index is 12.3. The van der Waals surface area contributed by atoms with E-state index in [1.54, 1.807) is 17.8 Å². The van der Waals surface area contributed by atoms with Crippen molar-refractivity contribution in [1.29, 1.82) is 5.26 Å². The summed E-state index contributed by atoms with van der Waals surface area (Å²) in [6, 6.07) is 4.18. The van der Waals surface area contributed by atoms with Gasteiger partial charge in [-0.2, -0.15) is 10.4 Å². The second kappa shape index (κ2) is 8.81. The topological polar surface area (TPSA) is 176 Å². The fourth-order valence-corrected chi connectivity index (χ4v) is 4.46. The van der Waals surface area contributed by atoms with Gasteiger partial charge in [-0.05, 0) is 12.5 Å². The molecule has 1 aliphatic rings. The van der Waals surface area contributed by atoms with Crippen molar-refractivity contribution in [3.05, 3.63) is 42.0 Å². The molecule has 13 heteroatoms. The molecule has 4 aromatic heterocycles. The van der Waals surface area contributed by atoms with E-state index in [0.717, 1.165) is 6.42 Å². The highest BCUT2D eigenvalue weighted by molar-refractivity contribution is 6.02. The van der Waals surface area contributed by atoms with Gasteiger partial charge in [0, 0.05) is 37.8 Å². The van der Waals surface area contributed by atoms with E-state index in [2.05, 4.69) is 54.6 Å². The maximum atomic E-state index is 12.3. The number of rotatable bonds is 6. The van der Waals surface area contributed by atoms with Crippen molar-refractivity contribution in [3.8, 4) is 17.5 Å². The lowest BCUT2D eigenvalue weighted by Gasteiger charge is -2.45. The van der Waals surface area contributed by atoms with Crippen molar-refractivity contribution in [2.45, 2.75) is 26.3 Å². The zero-order chi connectivity index (χ0) is 25.4. The summed E-state index contributed by atoms with van der Waals surface area (Å²) in [7, 11) is 1.69. The summed E-state index contributed by atoms with van der Waals surface area (Å²) in [5.41, 5.74) is 8.12. The number of nitrogens with one attached hydrogen (secondary N) is 2. The molecule has 4 N–H and O–H groups in total. The molecule has 0 aromatic carbocycles. The molecule has 5 heterocycles. The van der Waals surface area contributed by atoms with Gasteiger partial charge >= 0.3 is 6.01 Å². The number of carbonyl (C=O) groups excluding carboxylic acids is 1. The van der Waals surface area contributed by atoms with Gasteiger partial charge in [0.25, 0.3) is 11.8 Å². The zero-order valence-electron chi connectivity index (χ0n) is 20.1. The highest BCUT2D eigenvalue weighted by atomic mass is 16.4. The van der Waals surface area contributed by atoms with E-state index in [1.807, 2.05) is 12.1 Å². The Bertz CT molecular complexity index is 1470. The number of aromatic nitrogens is 6. The third-order valence-corrected chi connectivity index (χ3v) is 6.39. The Morgan fingerprint density at radius 3 is 2.69 bits per heavy atom. The third-order valence-electron chi connectivity index (χ3n) is 6.39. The SMILES string of the molecule is CNc1nnc(-c2cc3c(NC4CCN(c5ncc(C#N)cn5)CC4(C)C)c(C(N)=O)cnn3c2)o1. The van der Waals surface area contributed by atoms with Crippen LogP contribution < -0.4 is 21.3 Å². The molecule has 1 atom stereocenters. The van der Waals surface area contributed by atoms with Crippen LogP contribution in [0.15, 0.2) is 35.3 Å². The number of amides is 1. The van der Waals surface area contributed by atoms with E-state index in [-0.39, 0.29) is 11.5 Å². The number of piperidine rings is 1. The molecule has 1 aliphatic heterocycles. The molecule has 1 saturated heterocycles. The summed E-state index contributed by atoms with van der Waals surface area (Å²) in [6.07, 6.45) is 7.03. The van der Waals surface area contributed by atoms with Crippen LogP contribution in [0.4, 0.5) is 17.7 Å². The molecule has 36 heavy (non-hydrogen) atoms. The zero-order valence-corrected chi connectivity index (χ0v) is 20.1. The van der Waals surface area contributed by atoms with E-state index >= 15 is 0 Å². The average molecular weight is 488 g/mol. The molecule has 13 nitrogen and oxygen atoms in total. The normalized spacial score (nSPS) is 17.1. The van der Waals surface area contributed by atoms with Gasteiger partial charge in [-0.1, -0.05) is 18.9 Å². The van der Waals surface area contributed by atoms with Gasteiger partial charge < -0.3 is 25.7 Å². The van der Waals surface area contributed by atoms with E-state index in [4.69, 9.17) is 15.4 Å². The van der Waals surface area contributed by atoms with Gasteiger partial charge in [0.05, 0.1) is 46.5 Å². The highest BCUT2D eigenvalue weighted by Crippen LogP contribution is 2.36. The van der Waals surface area contributed by atoms with E-state index in [0.29, 0.717) is 58.8 Å². The van der Waals surface area contributed by atoms with Crippen LogP contribution in [-0.2, 0) is 0 Å². The summed E-state index contributed by atoms with van der Waals surface area (Å²) < 4.78 is 7.25. The number of nitriles is 1. The summed E-state index contributed by atoms with van der Waals surface area (Å²) >= 11 is 0. The number of nitrogens with two attached hydrogens (primary N) is 1. The van der Waals surface area contributed by atoms with Crippen molar-refractivity contribution < 1.29 is 9.21 Å². The molecule has 0 spiro atoms. The van der Waals surface area contributed by atoms with E-state index in [1.165, 1.54) is 18.6 Å². The molecule has 0 saturated carbocycles. The second-order valence-corrected chi connectivity index (χ2v) is 9.30. The lowest BCUT2D eigenvalue weighted by molar-refractivity contribution is 0.100. The maximum Gasteiger partial charge on any atom is 0.315 e. The minimum absolute atomic E-state index is 0.00841. The monoisotopic (exact) mass is 487 g/mol. The molecular weight excluding hydrogens is 462 g/mol. The first-order valence-electron chi connectivity index (χ1n) is 11.4. The van der Waals surface area contributed by atoms with E-state index in [9.17, 15) is 4.79 Å². The Kier molecular flexibility index (Phi) is 5.63. The van der Waals surface area contributed by atoms with Crippen LogP contribution in [0.1, 0.15) is 36.2 Å². The van der Waals surface area contributed by atoms with Gasteiger partial charge in [0.1, 0.15) is 6.07 Å². The summed E-state index contributed by atoms with van der Waals surface area (Å²) in [6.45, 7) is 5.65. The number of hydrogen-bond donors (Lipinski definition) is 3. The van der Waals surface area contributed by atoms with Crippen molar-refractivity contribution >= 4 is 29.1 Å². The molecule has 0 aliphatic carbocycles. The molecule has 1 amide bonds. The standard InChI is InChI=1S/C23H25N11O2/c1-23(2)12-33(21-27-8-13(7-24)9-28-21)5-4-17(23)30-18-15(19(25)35)10-29-34-11-14(6-16(18)34)20-31-32-22(26-3)36-20/h6,8-11,17,30H,4-5,12H2,1-3H3,(H2,25,35)(H,26,32). The van der Waals surface area contributed by atoms with Gasteiger partial charge in [-0.3, -0.25) is 4.79 Å². The second-order valence-electron chi connectivity index (χ2n) is 9.30. The Labute approximate surface area is 206 Å². The van der Waals surface area contributed by atoms with Crippen LogP contribution in [0.2, 0.25) is 0 Å². The molecule has 1 fully saturated rings. The van der Waals surface area contributed by atoms with Crippen LogP contribution in [-0.4, -0.2) is 61.9 Å². The minimum atomic E-state index is -0.577. The molecule has 184 valence electrons. The van der Waals surface area contributed by atoms with Crippen molar-refractivity contribution in [2.24, 2.45) is 11.1 Å². The summed E-state index contributed by atoms with van der Waals surface area (Å²) in [4.78, 5) is 23.1. The molecular formula is C23H25N11O2. The minimum Gasteiger partial charge on any atom is -0.403 e. The lowest BCUT2D eigenvalue weighted by atomic mass is 9.79. The molecule has 5 rings (SSSR count). The molecule has 4 aromatic rings. The molecule has 1 unspecified atom stereocenters. The molecule has 0 radical (unpaired) electrons. The summed E-state index contributed by atoms with van der Waals surface area (Å²) in [5, 5.41) is 27.7. The van der Waals surface area contributed by atoms with Crippen molar-refractivity contribution in [2.75, 3.05) is 35.7 Å². The van der Waals surface area contributed by atoms with Gasteiger partial charge in [-0.15, -0.1) is 5.10 Å². The fraction of sp³-hybridized carbons (Fsp3) is 0.348. The van der Waals surface area contributed by atoms with Crippen LogP contribution in [0.3, 0.4) is 0 Å². The Morgan fingerprint density at radius 2 is 2.06 bits per heavy atom. The van der Waals surface area contributed by atoms with Gasteiger partial charge in [0.2, 0.25) is 5.95 Å². The summed E-state index contributed by atoms with van der Waals surface area (Å²) in [5.74, 6) is 0.334. The predicted molar refractivity (Wildman–Crippen MR) is 131 cm³/mol. The lowest BCUT2D eigenvalue weighted by Crippen LogP contribution is -2.52. The first kappa shape index (κ1) is 23.0. The first-order chi connectivity index (χ1) is 17.3. The quantitative estimate of drug-likeness (QED) is 0.362. The van der Waals surface area contributed by atoms with Crippen molar-refractivity contribution in [1.82, 2.24) is 29.8 Å². The molecule has 0 bridgehead atoms. The smallest absolute Gasteiger partial charge is 0.315 e. The number of carbonyl (C=O) groups is 1. The Balaban J connectivity index is 1.45. The van der Waals surface area contributed by atoms with Gasteiger partial charge in [-0.25, -0.2) is 14.5 Å². The number of hydrogen-bond acceptors (Lipinski definition) is 11. The van der Waals surface area contributed by atoms with Crippen LogP contribution in [0.25, 0.3) is 17.0 Å². The fourth-order valence-electron chi connectivity index (χ4n) is 4.46. The first-order valence-corrected chi connectivity index (χ1v) is 11.4. The number of primary amides is 1. The van der Waals surface area contributed by atoms with Gasteiger partial charge in [0.15, 0.2) is 0 Å². The number of anilines is 3. The third kappa shape index (κ3) is 4.13. The van der Waals surface area contributed by atoms with E-state index < -0.39 is 5.91 Å². The van der Waals surface area contributed by atoms with Crippen LogP contribution >= 0.6 is 0 Å². The van der Waals surface area contributed by atoms with Crippen LogP contribution in [0, 0.1) is 16.7 Å². The number of nitrogens with zero attached hydrogens (tertiary/aromatic N) is 8. The average Bonchev–Trinajstić information content (AvgIpc) is 3.52. The Hall–Kier alpha value is -4.73. The van der Waals surface area contributed by atoms with Crippen molar-refractivity contribution in [3.63, 3.8) is 0 Å². The Morgan fingerprint density at radius 1 is 1.28 bits per heavy atom. The number of fused-ring (bicyclic) bond motifs is 1. The van der Waals surface area contributed by atoms with Crippen LogP contribution in [0.5, 0.6) is 0 Å². The largest absolute Gasteiger partial charge is 0.403 e.